The van der Waals surface area contributed by atoms with Crippen molar-refractivity contribution in [1.29, 1.82) is 0 Å². The van der Waals surface area contributed by atoms with Crippen LogP contribution in [0.3, 0.4) is 0 Å². The third-order valence-corrected chi connectivity index (χ3v) is 3.74. The van der Waals surface area contributed by atoms with Gasteiger partial charge in [0.2, 0.25) is 0 Å². The maximum absolute atomic E-state index is 6.00. The highest BCUT2D eigenvalue weighted by molar-refractivity contribution is 5.04. The fourth-order valence-electron chi connectivity index (χ4n) is 2.53. The smallest absolute Gasteiger partial charge is 0.120 e. The molecule has 0 aliphatic carbocycles. The van der Waals surface area contributed by atoms with E-state index in [1.165, 1.54) is 12.8 Å². The highest BCUT2D eigenvalue weighted by Gasteiger charge is 2.27. The first-order valence-electron chi connectivity index (χ1n) is 6.21. The zero-order valence-electron chi connectivity index (χ0n) is 10.2. The van der Waals surface area contributed by atoms with Gasteiger partial charge in [-0.1, -0.05) is 0 Å². The van der Waals surface area contributed by atoms with E-state index in [0.717, 1.165) is 18.8 Å². The van der Waals surface area contributed by atoms with Gasteiger partial charge in [-0.3, -0.25) is 4.90 Å². The van der Waals surface area contributed by atoms with E-state index >= 15 is 0 Å². The van der Waals surface area contributed by atoms with Gasteiger partial charge in [-0.15, -0.1) is 0 Å². The second-order valence-electron chi connectivity index (χ2n) is 4.95. The fraction of sp³-hybridized carbons (Fsp3) is 0.692. The minimum atomic E-state index is 0.298. The number of nitrogens with zero attached hydrogens (tertiary/aromatic N) is 1. The summed E-state index contributed by atoms with van der Waals surface area (Å²) in [6, 6.07) is 4.68. The zero-order chi connectivity index (χ0) is 11.5. The van der Waals surface area contributed by atoms with E-state index in [1.807, 2.05) is 6.07 Å². The first kappa shape index (κ1) is 11.7. The molecule has 1 aromatic rings. The average molecular weight is 222 g/mol. The minimum Gasteiger partial charge on any atom is -0.468 e. The number of likely N-dealkylation sites (tertiary alicyclic amines) is 1. The molecule has 1 aliphatic heterocycles. The lowest BCUT2D eigenvalue weighted by atomic mass is 9.91. The third kappa shape index (κ3) is 2.47. The largest absolute Gasteiger partial charge is 0.468 e. The van der Waals surface area contributed by atoms with Gasteiger partial charge in [0.1, 0.15) is 5.76 Å². The number of hydrogen-bond donors (Lipinski definition) is 1. The van der Waals surface area contributed by atoms with Crippen LogP contribution < -0.4 is 5.73 Å². The third-order valence-electron chi connectivity index (χ3n) is 3.74. The molecule has 3 heteroatoms. The van der Waals surface area contributed by atoms with Gasteiger partial charge >= 0.3 is 0 Å². The second kappa shape index (κ2) is 5.02. The Hall–Kier alpha value is -0.800. The van der Waals surface area contributed by atoms with Gasteiger partial charge < -0.3 is 10.2 Å². The normalized spacial score (nSPS) is 26.6. The summed E-state index contributed by atoms with van der Waals surface area (Å²) in [6.45, 7) is 6.58. The number of rotatable bonds is 3. The van der Waals surface area contributed by atoms with E-state index in [-0.39, 0.29) is 0 Å². The molecule has 0 spiro atoms. The van der Waals surface area contributed by atoms with Gasteiger partial charge in [0.05, 0.1) is 12.3 Å². The van der Waals surface area contributed by atoms with E-state index in [1.54, 1.807) is 6.26 Å². The second-order valence-corrected chi connectivity index (χ2v) is 4.95. The molecule has 90 valence electrons. The van der Waals surface area contributed by atoms with Gasteiger partial charge in [-0.2, -0.15) is 0 Å². The van der Waals surface area contributed by atoms with Crippen molar-refractivity contribution in [3.8, 4) is 0 Å². The Kier molecular flexibility index (Phi) is 3.66. The molecule has 0 aromatic carbocycles. The van der Waals surface area contributed by atoms with Gasteiger partial charge in [0, 0.05) is 12.6 Å². The number of piperidine rings is 1. The molecule has 2 N–H and O–H groups in total. The molecule has 1 saturated heterocycles. The van der Waals surface area contributed by atoms with E-state index < -0.39 is 0 Å². The summed E-state index contributed by atoms with van der Waals surface area (Å²) >= 11 is 0. The average Bonchev–Trinajstić information content (AvgIpc) is 2.81. The van der Waals surface area contributed by atoms with Crippen molar-refractivity contribution in [3.05, 3.63) is 24.2 Å². The molecule has 16 heavy (non-hydrogen) atoms. The first-order valence-corrected chi connectivity index (χ1v) is 6.21. The van der Waals surface area contributed by atoms with Crippen molar-refractivity contribution < 1.29 is 4.42 Å². The molecule has 0 bridgehead atoms. The predicted molar refractivity (Wildman–Crippen MR) is 65.1 cm³/mol. The van der Waals surface area contributed by atoms with E-state index in [4.69, 9.17) is 10.2 Å². The van der Waals surface area contributed by atoms with Crippen molar-refractivity contribution in [2.75, 3.05) is 13.1 Å². The molecular formula is C13H22N2O. The predicted octanol–water partition coefficient (Wildman–Crippen LogP) is 2.40. The van der Waals surface area contributed by atoms with Crippen LogP contribution in [0.2, 0.25) is 0 Å². The first-order chi connectivity index (χ1) is 7.68. The molecule has 3 atom stereocenters. The van der Waals surface area contributed by atoms with Crippen LogP contribution in [-0.4, -0.2) is 24.0 Å². The standard InChI is InChI=1S/C13H22N2O/c1-10(14)12-5-3-7-15(9-12)11(2)13-6-4-8-16-13/h4,6,8,10-12H,3,5,7,9,14H2,1-2H3. The summed E-state index contributed by atoms with van der Waals surface area (Å²) in [4.78, 5) is 2.48. The van der Waals surface area contributed by atoms with Crippen LogP contribution in [0.15, 0.2) is 22.8 Å². The lowest BCUT2D eigenvalue weighted by molar-refractivity contribution is 0.110. The van der Waals surface area contributed by atoms with Crippen LogP contribution >= 0.6 is 0 Å². The highest BCUT2D eigenvalue weighted by Crippen LogP contribution is 2.27. The topological polar surface area (TPSA) is 42.4 Å². The summed E-state index contributed by atoms with van der Waals surface area (Å²) in [7, 11) is 0. The zero-order valence-corrected chi connectivity index (χ0v) is 10.2. The molecular weight excluding hydrogens is 200 g/mol. The quantitative estimate of drug-likeness (QED) is 0.854. The van der Waals surface area contributed by atoms with Crippen molar-refractivity contribution in [2.45, 2.75) is 38.8 Å². The molecule has 2 rings (SSSR count). The lowest BCUT2D eigenvalue weighted by Gasteiger charge is -2.37. The Labute approximate surface area is 97.6 Å². The van der Waals surface area contributed by atoms with Crippen LogP contribution in [0, 0.1) is 5.92 Å². The Morgan fingerprint density at radius 1 is 1.50 bits per heavy atom. The summed E-state index contributed by atoms with van der Waals surface area (Å²) < 4.78 is 5.47. The van der Waals surface area contributed by atoms with Crippen LogP contribution in [0.25, 0.3) is 0 Å². The van der Waals surface area contributed by atoms with Crippen LogP contribution in [-0.2, 0) is 0 Å². The number of furan rings is 1. The molecule has 3 nitrogen and oxygen atoms in total. The Balaban J connectivity index is 1.99. The Morgan fingerprint density at radius 3 is 2.94 bits per heavy atom. The Bertz CT molecular complexity index is 308. The highest BCUT2D eigenvalue weighted by atomic mass is 16.3. The van der Waals surface area contributed by atoms with Crippen molar-refractivity contribution in [1.82, 2.24) is 4.90 Å². The minimum absolute atomic E-state index is 0.298. The molecule has 3 unspecified atom stereocenters. The molecule has 1 fully saturated rings. The van der Waals surface area contributed by atoms with Gasteiger partial charge in [0.15, 0.2) is 0 Å². The lowest BCUT2D eigenvalue weighted by Crippen LogP contribution is -2.43. The van der Waals surface area contributed by atoms with Crippen LogP contribution in [0.1, 0.15) is 38.5 Å². The molecule has 1 aromatic heterocycles. The summed E-state index contributed by atoms with van der Waals surface area (Å²) in [5.41, 5.74) is 6.00. The Morgan fingerprint density at radius 2 is 2.31 bits per heavy atom. The number of nitrogens with two attached hydrogens (primary N) is 1. The number of hydrogen-bond acceptors (Lipinski definition) is 3. The van der Waals surface area contributed by atoms with Crippen molar-refractivity contribution >= 4 is 0 Å². The van der Waals surface area contributed by atoms with Crippen LogP contribution in [0.4, 0.5) is 0 Å². The van der Waals surface area contributed by atoms with Crippen molar-refractivity contribution in [2.24, 2.45) is 11.7 Å². The maximum atomic E-state index is 6.00. The van der Waals surface area contributed by atoms with Crippen LogP contribution in [0.5, 0.6) is 0 Å². The van der Waals surface area contributed by atoms with E-state index in [2.05, 4.69) is 24.8 Å². The molecule has 0 saturated carbocycles. The summed E-state index contributed by atoms with van der Waals surface area (Å²) in [5.74, 6) is 1.69. The molecule has 2 heterocycles. The SMILES string of the molecule is CC(N)C1CCCN(C(C)c2ccco2)C1. The maximum Gasteiger partial charge on any atom is 0.120 e. The van der Waals surface area contributed by atoms with Gasteiger partial charge in [-0.05, 0) is 51.3 Å². The molecule has 0 amide bonds. The van der Waals surface area contributed by atoms with Crippen molar-refractivity contribution in [3.63, 3.8) is 0 Å². The van der Waals surface area contributed by atoms with E-state index in [9.17, 15) is 0 Å². The molecule has 0 radical (unpaired) electrons. The monoisotopic (exact) mass is 222 g/mol. The fourth-order valence-corrected chi connectivity index (χ4v) is 2.53. The van der Waals surface area contributed by atoms with Gasteiger partial charge in [0.25, 0.3) is 0 Å². The van der Waals surface area contributed by atoms with E-state index in [0.29, 0.717) is 18.0 Å². The summed E-state index contributed by atoms with van der Waals surface area (Å²) in [5, 5.41) is 0. The summed E-state index contributed by atoms with van der Waals surface area (Å²) in [6.07, 6.45) is 4.26. The molecule has 1 aliphatic rings. The van der Waals surface area contributed by atoms with Gasteiger partial charge in [-0.25, -0.2) is 0 Å².